The van der Waals surface area contributed by atoms with Crippen LogP contribution in [0.5, 0.6) is 5.75 Å². The molecule has 4 aromatic rings. The summed E-state index contributed by atoms with van der Waals surface area (Å²) in [6.45, 7) is -0.120. The highest BCUT2D eigenvalue weighted by molar-refractivity contribution is 7.92. The summed E-state index contributed by atoms with van der Waals surface area (Å²) in [6.07, 6.45) is -1.01. The number of anilines is 2. The molecule has 1 N–H and O–H groups in total. The Balaban J connectivity index is 1.43. The van der Waals surface area contributed by atoms with Gasteiger partial charge in [0.05, 0.1) is 18.0 Å². The summed E-state index contributed by atoms with van der Waals surface area (Å²) in [4.78, 5) is 13.3. The van der Waals surface area contributed by atoms with Gasteiger partial charge in [-0.25, -0.2) is 8.42 Å². The van der Waals surface area contributed by atoms with Gasteiger partial charge in [0.15, 0.2) is 6.10 Å². The van der Waals surface area contributed by atoms with Crippen LogP contribution in [0, 0.1) is 0 Å². The average molecular weight is 485 g/mol. The van der Waals surface area contributed by atoms with Gasteiger partial charge in [0, 0.05) is 11.3 Å². The Kier molecular flexibility index (Phi) is 6.25. The van der Waals surface area contributed by atoms with Gasteiger partial charge in [-0.3, -0.25) is 9.10 Å². The van der Waals surface area contributed by atoms with Crippen LogP contribution in [-0.2, 0) is 20.6 Å². The monoisotopic (exact) mass is 484 g/mol. The van der Waals surface area contributed by atoms with Gasteiger partial charge in [-0.2, -0.15) is 0 Å². The average Bonchev–Trinajstić information content (AvgIpc) is 2.89. The molecule has 35 heavy (non-hydrogen) atoms. The van der Waals surface area contributed by atoms with Gasteiger partial charge in [-0.05, 0) is 29.3 Å². The molecule has 4 aromatic carbocycles. The Morgan fingerprint density at radius 3 is 2.23 bits per heavy atom. The molecule has 0 radical (unpaired) electrons. The molecule has 0 aliphatic carbocycles. The summed E-state index contributed by atoms with van der Waals surface area (Å²) in [7, 11) is -3.77. The van der Waals surface area contributed by atoms with E-state index in [1.807, 2.05) is 60.7 Å². The van der Waals surface area contributed by atoms with E-state index in [1.54, 1.807) is 48.5 Å². The summed E-state index contributed by atoms with van der Waals surface area (Å²) in [5.74, 6) is -0.234. The number of hydrogen-bond acceptors (Lipinski definition) is 4. The van der Waals surface area contributed by atoms with Crippen LogP contribution < -0.4 is 14.4 Å². The minimum absolute atomic E-state index is 0.120. The van der Waals surface area contributed by atoms with E-state index < -0.39 is 22.0 Å². The Labute approximate surface area is 204 Å². The second-order valence-electron chi connectivity index (χ2n) is 8.25. The van der Waals surface area contributed by atoms with Crippen molar-refractivity contribution in [3.05, 3.63) is 115 Å². The first-order valence-corrected chi connectivity index (χ1v) is 12.9. The molecule has 0 spiro atoms. The first-order chi connectivity index (χ1) is 17.0. The third kappa shape index (κ3) is 4.90. The van der Waals surface area contributed by atoms with Crippen LogP contribution in [0.2, 0.25) is 0 Å². The lowest BCUT2D eigenvalue weighted by atomic mass is 10.0. The molecule has 5 rings (SSSR count). The Morgan fingerprint density at radius 1 is 0.829 bits per heavy atom. The maximum Gasteiger partial charge on any atom is 0.267 e. The van der Waals surface area contributed by atoms with Gasteiger partial charge in [0.25, 0.3) is 5.91 Å². The van der Waals surface area contributed by atoms with Crippen molar-refractivity contribution in [2.75, 3.05) is 16.2 Å². The largest absolute Gasteiger partial charge is 0.476 e. The zero-order chi connectivity index (χ0) is 24.3. The van der Waals surface area contributed by atoms with E-state index >= 15 is 0 Å². The fourth-order valence-corrected chi connectivity index (χ4v) is 5.72. The lowest BCUT2D eigenvalue weighted by Crippen LogP contribution is -2.49. The van der Waals surface area contributed by atoms with Crippen molar-refractivity contribution >= 4 is 27.3 Å². The third-order valence-corrected chi connectivity index (χ3v) is 7.54. The molecule has 0 aromatic heterocycles. The number of rotatable bonds is 6. The van der Waals surface area contributed by atoms with Crippen molar-refractivity contribution in [2.24, 2.45) is 0 Å². The van der Waals surface area contributed by atoms with Crippen molar-refractivity contribution in [3.8, 4) is 16.9 Å². The number of fused-ring (bicyclic) bond motifs is 1. The maximum atomic E-state index is 13.4. The summed E-state index contributed by atoms with van der Waals surface area (Å²) in [5, 5.41) is 2.95. The summed E-state index contributed by atoms with van der Waals surface area (Å²) >= 11 is 0. The zero-order valence-corrected chi connectivity index (χ0v) is 19.7. The van der Waals surface area contributed by atoms with Gasteiger partial charge < -0.3 is 10.1 Å². The molecule has 0 fully saturated rings. The van der Waals surface area contributed by atoms with E-state index in [2.05, 4.69) is 5.32 Å². The molecule has 1 heterocycles. The van der Waals surface area contributed by atoms with E-state index in [0.29, 0.717) is 22.7 Å². The number of amides is 1. The summed E-state index contributed by atoms with van der Waals surface area (Å²) < 4.78 is 34.1. The molecule has 1 unspecified atom stereocenters. The second-order valence-corrected chi connectivity index (χ2v) is 10.1. The lowest BCUT2D eigenvalue weighted by Gasteiger charge is -2.34. The standard InChI is InChI=1S/C28H24N2O4S/c31-28(29-24-16-8-7-15-23(24)22-13-5-2-6-14-22)27-19-30(25-17-9-10-18-26(25)34-27)35(32,33)20-21-11-3-1-4-12-21/h1-18,27H,19-20H2,(H,29,31). The van der Waals surface area contributed by atoms with Gasteiger partial charge in [0.1, 0.15) is 5.75 Å². The third-order valence-electron chi connectivity index (χ3n) is 5.82. The van der Waals surface area contributed by atoms with Crippen LogP contribution >= 0.6 is 0 Å². The number of nitrogens with zero attached hydrogens (tertiary/aromatic N) is 1. The van der Waals surface area contributed by atoms with Gasteiger partial charge in [-0.1, -0.05) is 91.0 Å². The highest BCUT2D eigenvalue weighted by atomic mass is 32.2. The van der Waals surface area contributed by atoms with E-state index in [4.69, 9.17) is 4.74 Å². The van der Waals surface area contributed by atoms with Crippen LogP contribution in [0.15, 0.2) is 109 Å². The van der Waals surface area contributed by atoms with Crippen molar-refractivity contribution in [1.29, 1.82) is 0 Å². The smallest absolute Gasteiger partial charge is 0.267 e. The highest BCUT2D eigenvalue weighted by Crippen LogP contribution is 2.36. The number of hydrogen-bond donors (Lipinski definition) is 1. The number of sulfonamides is 1. The number of para-hydroxylation sites is 3. The van der Waals surface area contributed by atoms with Crippen LogP contribution in [0.3, 0.4) is 0 Å². The summed E-state index contributed by atoms with van der Waals surface area (Å²) in [5.41, 5.74) is 3.56. The second kappa shape index (κ2) is 9.64. The molecule has 0 saturated heterocycles. The maximum absolute atomic E-state index is 13.4. The SMILES string of the molecule is O=C(Nc1ccccc1-c1ccccc1)C1CN(S(=O)(=O)Cc2ccccc2)c2ccccc2O1. The van der Waals surface area contributed by atoms with Gasteiger partial charge in [-0.15, -0.1) is 0 Å². The predicted molar refractivity (Wildman–Crippen MR) is 138 cm³/mol. The first kappa shape index (κ1) is 22.7. The molecule has 1 aliphatic rings. The highest BCUT2D eigenvalue weighted by Gasteiger charge is 2.36. The molecule has 0 bridgehead atoms. The molecule has 6 nitrogen and oxygen atoms in total. The summed E-state index contributed by atoms with van der Waals surface area (Å²) in [6, 6.07) is 33.1. The van der Waals surface area contributed by atoms with E-state index in [0.717, 1.165) is 11.1 Å². The van der Waals surface area contributed by atoms with Gasteiger partial charge in [0.2, 0.25) is 10.0 Å². The quantitative estimate of drug-likeness (QED) is 0.414. The lowest BCUT2D eigenvalue weighted by molar-refractivity contribution is -0.122. The van der Waals surface area contributed by atoms with Crippen LogP contribution in [0.25, 0.3) is 11.1 Å². The number of carbonyl (C=O) groups is 1. The molecule has 0 saturated carbocycles. The van der Waals surface area contributed by atoms with Crippen molar-refractivity contribution < 1.29 is 17.9 Å². The fraction of sp³-hybridized carbons (Fsp3) is 0.107. The minimum Gasteiger partial charge on any atom is -0.476 e. The van der Waals surface area contributed by atoms with Crippen LogP contribution in [0.4, 0.5) is 11.4 Å². The minimum atomic E-state index is -3.77. The van der Waals surface area contributed by atoms with Crippen molar-refractivity contribution in [2.45, 2.75) is 11.9 Å². The van der Waals surface area contributed by atoms with E-state index in [9.17, 15) is 13.2 Å². The Bertz CT molecular complexity index is 1440. The predicted octanol–water partition coefficient (Wildman–Crippen LogP) is 5.09. The zero-order valence-electron chi connectivity index (χ0n) is 18.9. The molecule has 1 aliphatic heterocycles. The normalized spacial score (nSPS) is 15.1. The van der Waals surface area contributed by atoms with E-state index in [1.165, 1.54) is 4.31 Å². The van der Waals surface area contributed by atoms with Crippen LogP contribution in [-0.4, -0.2) is 27.0 Å². The van der Waals surface area contributed by atoms with Crippen molar-refractivity contribution in [3.63, 3.8) is 0 Å². The Hall–Kier alpha value is -4.10. The molecule has 1 atom stereocenters. The Morgan fingerprint density at radius 2 is 1.46 bits per heavy atom. The number of ether oxygens (including phenoxy) is 1. The topological polar surface area (TPSA) is 75.7 Å². The molecular weight excluding hydrogens is 460 g/mol. The fourth-order valence-electron chi connectivity index (χ4n) is 4.14. The van der Waals surface area contributed by atoms with Crippen molar-refractivity contribution in [1.82, 2.24) is 0 Å². The van der Waals surface area contributed by atoms with E-state index in [-0.39, 0.29) is 12.3 Å². The number of benzene rings is 4. The molecular formula is C28H24N2O4S. The molecule has 176 valence electrons. The molecule has 7 heteroatoms. The molecule has 1 amide bonds. The number of carbonyl (C=O) groups excluding carboxylic acids is 1. The number of nitrogens with one attached hydrogen (secondary N) is 1. The van der Waals surface area contributed by atoms with Crippen LogP contribution in [0.1, 0.15) is 5.56 Å². The first-order valence-electron chi connectivity index (χ1n) is 11.3. The van der Waals surface area contributed by atoms with Gasteiger partial charge >= 0.3 is 0 Å².